The molecule has 4 rings (SSSR count). The van der Waals surface area contributed by atoms with Gasteiger partial charge in [-0.25, -0.2) is 14.4 Å². The van der Waals surface area contributed by atoms with Gasteiger partial charge in [0.2, 0.25) is 5.95 Å². The Hall–Kier alpha value is -2.32. The molecule has 1 unspecified atom stereocenters. The number of likely N-dealkylation sites (tertiary alicyclic amines) is 1. The molecule has 178 valence electrons. The minimum Gasteiger partial charge on any atom is -0.368 e. The zero-order valence-corrected chi connectivity index (χ0v) is 21.0. The number of rotatable bonds is 5. The number of hydrogen-bond donors (Lipinski definition) is 2. The first-order valence-corrected chi connectivity index (χ1v) is 12.6. The third-order valence-corrected chi connectivity index (χ3v) is 7.00. The second kappa shape index (κ2) is 11.7. The molecule has 9 heteroatoms. The molecule has 2 aliphatic rings. The van der Waals surface area contributed by atoms with E-state index in [2.05, 4.69) is 27.5 Å². The van der Waals surface area contributed by atoms with Crippen molar-refractivity contribution in [3.8, 4) is 0 Å². The second-order valence-corrected chi connectivity index (χ2v) is 9.69. The highest BCUT2D eigenvalue weighted by Gasteiger charge is 2.36. The Morgan fingerprint density at radius 2 is 1.91 bits per heavy atom. The van der Waals surface area contributed by atoms with Crippen molar-refractivity contribution in [2.24, 2.45) is 5.92 Å². The second-order valence-electron chi connectivity index (χ2n) is 7.91. The Kier molecular flexibility index (Phi) is 8.97. The van der Waals surface area contributed by atoms with Crippen LogP contribution in [0.15, 0.2) is 42.4 Å². The summed E-state index contributed by atoms with van der Waals surface area (Å²) in [5.74, 6) is 0.510. The van der Waals surface area contributed by atoms with Crippen molar-refractivity contribution in [3.63, 3.8) is 0 Å². The van der Waals surface area contributed by atoms with Crippen molar-refractivity contribution in [3.05, 3.63) is 58.8 Å². The van der Waals surface area contributed by atoms with Crippen LogP contribution in [0.25, 0.3) is 4.91 Å². The third kappa shape index (κ3) is 6.18. The van der Waals surface area contributed by atoms with Gasteiger partial charge in [-0.05, 0) is 43.4 Å². The van der Waals surface area contributed by atoms with Crippen LogP contribution in [0.5, 0.6) is 0 Å². The number of nitrogens with one attached hydrogen (secondary N) is 2. The van der Waals surface area contributed by atoms with Crippen LogP contribution in [0, 0.1) is 11.7 Å². The molecule has 0 bridgehead atoms. The van der Waals surface area contributed by atoms with Gasteiger partial charge in [-0.2, -0.15) is 0 Å². The molecule has 0 aliphatic carbocycles. The Labute approximate surface area is 204 Å². The molecule has 1 amide bonds. The molecule has 33 heavy (non-hydrogen) atoms. The molecule has 0 radical (unpaired) electrons. The Bertz CT molecular complexity index is 970. The number of anilines is 1. The summed E-state index contributed by atoms with van der Waals surface area (Å²) < 4.78 is 13.4. The average Bonchev–Trinajstić information content (AvgIpc) is 3.22. The maximum atomic E-state index is 13.7. The predicted octanol–water partition coefficient (Wildman–Crippen LogP) is 5.39. The number of hydrogen-bond acceptors (Lipinski definition) is 6. The summed E-state index contributed by atoms with van der Waals surface area (Å²) in [4.78, 5) is 24.8. The van der Waals surface area contributed by atoms with Crippen LogP contribution in [-0.2, 0) is 4.79 Å². The van der Waals surface area contributed by atoms with Crippen molar-refractivity contribution in [2.45, 2.75) is 52.0 Å². The van der Waals surface area contributed by atoms with Crippen molar-refractivity contribution >= 4 is 40.1 Å². The van der Waals surface area contributed by atoms with Crippen LogP contribution in [0.1, 0.15) is 46.1 Å². The quantitative estimate of drug-likeness (QED) is 0.584. The number of amides is 1. The highest BCUT2D eigenvalue weighted by Crippen LogP contribution is 2.39. The van der Waals surface area contributed by atoms with Gasteiger partial charge in [0.25, 0.3) is 5.91 Å². The molecule has 3 heterocycles. The molecule has 6 nitrogen and oxygen atoms in total. The summed E-state index contributed by atoms with van der Waals surface area (Å²) in [6, 6.07) is 6.30. The van der Waals surface area contributed by atoms with E-state index in [0.717, 1.165) is 23.3 Å². The molecular weight excluding hydrogens is 461 g/mol. The lowest BCUT2D eigenvalue weighted by atomic mass is 9.90. The number of halogens is 2. The van der Waals surface area contributed by atoms with Crippen LogP contribution in [-0.4, -0.2) is 45.3 Å². The minimum atomic E-state index is -0.290. The van der Waals surface area contributed by atoms with Crippen molar-refractivity contribution < 1.29 is 9.18 Å². The van der Waals surface area contributed by atoms with Gasteiger partial charge in [0.15, 0.2) is 0 Å². The van der Waals surface area contributed by atoms with Crippen molar-refractivity contribution in [1.29, 1.82) is 0 Å². The summed E-state index contributed by atoms with van der Waals surface area (Å²) in [5.41, 5.74) is 1.44. The Balaban J connectivity index is 0.00000149. The molecule has 1 aromatic heterocycles. The summed E-state index contributed by atoms with van der Waals surface area (Å²) in [6.07, 6.45) is 5.11. The van der Waals surface area contributed by atoms with Crippen molar-refractivity contribution in [1.82, 2.24) is 20.2 Å². The Morgan fingerprint density at radius 3 is 2.58 bits per heavy atom. The topological polar surface area (TPSA) is 70.2 Å². The van der Waals surface area contributed by atoms with E-state index in [9.17, 15) is 9.18 Å². The number of benzene rings is 1. The average molecular weight is 492 g/mol. The van der Waals surface area contributed by atoms with Gasteiger partial charge in [0, 0.05) is 18.0 Å². The smallest absolute Gasteiger partial charge is 0.271 e. The SMILES string of the molecule is CC.CC1NC(C(=O)N2CCC[C@@H](C)[C@H]2CNc2ncc(Cl)cn2)=C(c2ccc(F)cc2)S1. The number of piperidine rings is 1. The zero-order valence-electron chi connectivity index (χ0n) is 19.4. The number of thioether (sulfide) groups is 1. The fourth-order valence-corrected chi connectivity index (χ4v) is 5.23. The minimum absolute atomic E-state index is 0.00482. The van der Waals surface area contributed by atoms with E-state index >= 15 is 0 Å². The van der Waals surface area contributed by atoms with Gasteiger partial charge in [0.1, 0.15) is 11.5 Å². The van der Waals surface area contributed by atoms with E-state index < -0.39 is 0 Å². The molecule has 1 aromatic carbocycles. The molecule has 1 saturated heterocycles. The lowest BCUT2D eigenvalue weighted by molar-refractivity contribution is -0.132. The standard InChI is InChI=1S/C22H25ClFN5OS.C2H6/c1-13-4-3-9-29(18(13)12-27-22-25-10-16(23)11-26-22)21(30)19-20(31-14(2)28-19)15-5-7-17(24)8-6-15;1-2/h5-8,10-11,13-14,18,28H,3-4,9,12H2,1-2H3,(H,25,26,27);1-2H3/t13-,14?,18-;/m1./s1. The summed E-state index contributed by atoms with van der Waals surface area (Å²) >= 11 is 7.45. The van der Waals surface area contributed by atoms with E-state index in [1.807, 2.05) is 25.7 Å². The highest BCUT2D eigenvalue weighted by atomic mass is 35.5. The van der Waals surface area contributed by atoms with E-state index in [4.69, 9.17) is 11.6 Å². The van der Waals surface area contributed by atoms with Gasteiger partial charge < -0.3 is 15.5 Å². The van der Waals surface area contributed by atoms with Gasteiger partial charge >= 0.3 is 0 Å². The van der Waals surface area contributed by atoms with Crippen molar-refractivity contribution in [2.75, 3.05) is 18.4 Å². The van der Waals surface area contributed by atoms with E-state index in [-0.39, 0.29) is 23.1 Å². The van der Waals surface area contributed by atoms with Crippen LogP contribution in [0.4, 0.5) is 10.3 Å². The molecule has 2 aromatic rings. The fourth-order valence-electron chi connectivity index (χ4n) is 4.06. The lowest BCUT2D eigenvalue weighted by Crippen LogP contribution is -2.52. The molecule has 0 spiro atoms. The number of carbonyl (C=O) groups excluding carboxylic acids is 1. The predicted molar refractivity (Wildman–Crippen MR) is 134 cm³/mol. The van der Waals surface area contributed by atoms with Gasteiger partial charge in [-0.3, -0.25) is 4.79 Å². The summed E-state index contributed by atoms with van der Waals surface area (Å²) in [6.45, 7) is 9.43. The number of carbonyl (C=O) groups is 1. The normalized spacial score (nSPS) is 22.4. The van der Waals surface area contributed by atoms with Crippen LogP contribution >= 0.6 is 23.4 Å². The van der Waals surface area contributed by atoms with Gasteiger partial charge in [-0.15, -0.1) is 0 Å². The first kappa shape index (κ1) is 25.3. The molecule has 2 N–H and O–H groups in total. The lowest BCUT2D eigenvalue weighted by Gasteiger charge is -2.40. The maximum Gasteiger partial charge on any atom is 0.271 e. The maximum absolute atomic E-state index is 13.7. The van der Waals surface area contributed by atoms with E-state index in [0.29, 0.717) is 35.7 Å². The van der Waals surface area contributed by atoms with Crippen LogP contribution < -0.4 is 10.6 Å². The van der Waals surface area contributed by atoms with Crippen LogP contribution in [0.2, 0.25) is 5.02 Å². The molecular formula is C24H31ClFN5OS. The third-order valence-electron chi connectivity index (χ3n) is 5.66. The fraction of sp³-hybridized carbons (Fsp3) is 0.458. The number of nitrogens with zero attached hydrogens (tertiary/aromatic N) is 3. The zero-order chi connectivity index (χ0) is 24.0. The molecule has 0 saturated carbocycles. The Morgan fingerprint density at radius 1 is 1.24 bits per heavy atom. The largest absolute Gasteiger partial charge is 0.368 e. The molecule has 1 fully saturated rings. The monoisotopic (exact) mass is 491 g/mol. The summed E-state index contributed by atoms with van der Waals surface area (Å²) in [7, 11) is 0. The van der Waals surface area contributed by atoms with Gasteiger partial charge in [0.05, 0.1) is 28.8 Å². The molecule has 2 aliphatic heterocycles. The molecule has 3 atom stereocenters. The van der Waals surface area contributed by atoms with Gasteiger partial charge in [-0.1, -0.05) is 56.3 Å². The number of aromatic nitrogens is 2. The highest BCUT2D eigenvalue weighted by molar-refractivity contribution is 8.09. The van der Waals surface area contributed by atoms with E-state index in [1.54, 1.807) is 36.3 Å². The van der Waals surface area contributed by atoms with E-state index in [1.165, 1.54) is 12.1 Å². The first-order valence-electron chi connectivity index (χ1n) is 11.4. The summed E-state index contributed by atoms with van der Waals surface area (Å²) in [5, 5.41) is 7.12. The first-order chi connectivity index (χ1) is 15.9. The van der Waals surface area contributed by atoms with Crippen LogP contribution in [0.3, 0.4) is 0 Å².